The van der Waals surface area contributed by atoms with Crippen molar-refractivity contribution in [2.45, 2.75) is 24.9 Å². The number of piperidine rings is 1. The predicted molar refractivity (Wildman–Crippen MR) is 107 cm³/mol. The Labute approximate surface area is 161 Å². The molecule has 3 unspecified atom stereocenters. The summed E-state index contributed by atoms with van der Waals surface area (Å²) in [6, 6.07) is 5.74. The zero-order chi connectivity index (χ0) is 20.0. The quantitative estimate of drug-likeness (QED) is 0.475. The molecule has 1 saturated heterocycles. The second-order valence-corrected chi connectivity index (χ2v) is 8.04. The molecule has 0 N–H and O–H groups in total. The molecule has 0 amide bonds. The van der Waals surface area contributed by atoms with Gasteiger partial charge in [0.1, 0.15) is 0 Å². The zero-order valence-electron chi connectivity index (χ0n) is 16.1. The van der Waals surface area contributed by atoms with Crippen LogP contribution in [0.2, 0.25) is 0 Å². The molecule has 0 aromatic heterocycles. The average Bonchev–Trinajstić information content (AvgIpc) is 2.63. The third-order valence-electron chi connectivity index (χ3n) is 4.83. The first kappa shape index (κ1) is 22.1. The van der Waals surface area contributed by atoms with Crippen molar-refractivity contribution in [3.05, 3.63) is 47.7 Å². The number of methoxy groups -OCH3 is 1. The monoisotopic (exact) mass is 400 g/mol. The smallest absolute Gasteiger partial charge is 0.384 e. The van der Waals surface area contributed by atoms with Crippen LogP contribution in [-0.2, 0) is 10.9 Å². The molecule has 7 heteroatoms. The number of alkyl halides is 3. The molecule has 0 aliphatic carbocycles. The van der Waals surface area contributed by atoms with Crippen molar-refractivity contribution in [3.8, 4) is 0 Å². The van der Waals surface area contributed by atoms with Gasteiger partial charge in [-0.2, -0.15) is 13.2 Å². The zero-order valence-corrected chi connectivity index (χ0v) is 17.1. The Kier molecular flexibility index (Phi) is 8.02. The number of likely N-dealkylation sites (N-methyl/N-ethyl adjacent to an activating group) is 1. The van der Waals surface area contributed by atoms with Crippen molar-refractivity contribution >= 4 is 14.0 Å². The van der Waals surface area contributed by atoms with E-state index in [2.05, 4.69) is 18.1 Å². The number of hydrogen-bond donors (Lipinski definition) is 0. The number of rotatable bonds is 7. The van der Waals surface area contributed by atoms with Gasteiger partial charge in [-0.15, -0.1) is 0 Å². The fourth-order valence-electron chi connectivity index (χ4n) is 3.53. The number of halogens is 3. The molecular weight excluding hydrogens is 372 g/mol. The number of likely N-dealkylation sites (tertiary alicyclic amines) is 1. The van der Waals surface area contributed by atoms with E-state index in [1.165, 1.54) is 12.1 Å². The summed E-state index contributed by atoms with van der Waals surface area (Å²) in [6.45, 7) is 8.31. The van der Waals surface area contributed by atoms with Crippen LogP contribution in [0.5, 0.6) is 0 Å². The van der Waals surface area contributed by atoms with Gasteiger partial charge in [0.25, 0.3) is 0 Å². The van der Waals surface area contributed by atoms with E-state index >= 15 is 0 Å². The molecule has 0 bridgehead atoms. The van der Waals surface area contributed by atoms with E-state index in [0.29, 0.717) is 21.6 Å². The Balaban J connectivity index is 2.20. The molecule has 1 aromatic rings. The summed E-state index contributed by atoms with van der Waals surface area (Å²) < 4.78 is 44.3. The number of nitrogens with zero attached hydrogens (tertiary/aromatic N) is 2. The Bertz CT molecular complexity index is 675. The summed E-state index contributed by atoms with van der Waals surface area (Å²) >= 11 is 0. The summed E-state index contributed by atoms with van der Waals surface area (Å²) in [4.78, 5) is 6.91. The molecular formula is C20H28F3N2OP. The highest BCUT2D eigenvalue weighted by molar-refractivity contribution is 7.57. The second-order valence-electron chi connectivity index (χ2n) is 7.03. The maximum atomic E-state index is 13.1. The van der Waals surface area contributed by atoms with Crippen LogP contribution in [0.25, 0.3) is 0 Å². The third-order valence-corrected chi connectivity index (χ3v) is 5.87. The van der Waals surface area contributed by atoms with E-state index in [1.54, 1.807) is 13.2 Å². The number of ether oxygens (including phenoxy) is 1. The molecule has 1 aromatic carbocycles. The summed E-state index contributed by atoms with van der Waals surface area (Å²) in [7, 11) is 4.21. The first-order chi connectivity index (χ1) is 12.7. The van der Waals surface area contributed by atoms with Gasteiger partial charge in [0, 0.05) is 43.7 Å². The topological polar surface area (TPSA) is 24.8 Å². The van der Waals surface area contributed by atoms with E-state index in [9.17, 15) is 13.2 Å². The Hall–Kier alpha value is -1.23. The maximum Gasteiger partial charge on any atom is 0.416 e. The fourth-order valence-corrected chi connectivity index (χ4v) is 4.41. The molecule has 0 radical (unpaired) electrons. The van der Waals surface area contributed by atoms with Gasteiger partial charge in [-0.1, -0.05) is 33.4 Å². The lowest BCUT2D eigenvalue weighted by Gasteiger charge is -2.36. The van der Waals surface area contributed by atoms with Crippen molar-refractivity contribution in [1.82, 2.24) is 4.90 Å². The molecule has 150 valence electrons. The van der Waals surface area contributed by atoms with Crippen molar-refractivity contribution < 1.29 is 17.9 Å². The fraction of sp³-hybridized carbons (Fsp3) is 0.550. The number of aliphatic imine (C=N–C) groups is 1. The molecule has 1 aliphatic rings. The molecule has 1 aliphatic heterocycles. The Morgan fingerprint density at radius 3 is 2.74 bits per heavy atom. The minimum Gasteiger partial charge on any atom is -0.384 e. The first-order valence-electron chi connectivity index (χ1n) is 9.03. The van der Waals surface area contributed by atoms with Crippen LogP contribution >= 0.6 is 8.58 Å². The standard InChI is InChI=1S/C20H28F3N2OP/c1-14(8-9-26-3)24-19(27-4)17-10-16(12-25(2)13-17)15-6-5-7-18(11-15)20(21,22)23/h5-7,11,16-17,27H,1,8-10,12-13H2,2-4H3. The van der Waals surface area contributed by atoms with Gasteiger partial charge in [-0.05, 0) is 37.7 Å². The van der Waals surface area contributed by atoms with Crippen LogP contribution in [0, 0.1) is 5.92 Å². The van der Waals surface area contributed by atoms with Crippen molar-refractivity contribution in [2.75, 3.05) is 40.5 Å². The van der Waals surface area contributed by atoms with Gasteiger partial charge in [0.15, 0.2) is 0 Å². The summed E-state index contributed by atoms with van der Waals surface area (Å²) in [5.74, 6) is 0.288. The number of hydrogen-bond acceptors (Lipinski definition) is 3. The van der Waals surface area contributed by atoms with Gasteiger partial charge in [0.2, 0.25) is 0 Å². The summed E-state index contributed by atoms with van der Waals surface area (Å²) in [5, 5.41) is 0. The van der Waals surface area contributed by atoms with Crippen LogP contribution in [-0.4, -0.2) is 50.9 Å². The molecule has 3 nitrogen and oxygen atoms in total. The maximum absolute atomic E-state index is 13.1. The van der Waals surface area contributed by atoms with Crippen LogP contribution in [0.4, 0.5) is 13.2 Å². The lowest BCUT2D eigenvalue weighted by atomic mass is 9.84. The van der Waals surface area contributed by atoms with E-state index in [-0.39, 0.29) is 11.8 Å². The van der Waals surface area contributed by atoms with Gasteiger partial charge in [-0.3, -0.25) is 4.99 Å². The Morgan fingerprint density at radius 2 is 2.11 bits per heavy atom. The van der Waals surface area contributed by atoms with E-state index in [0.717, 1.165) is 42.3 Å². The van der Waals surface area contributed by atoms with Gasteiger partial charge < -0.3 is 9.64 Å². The van der Waals surface area contributed by atoms with Gasteiger partial charge in [0.05, 0.1) is 12.2 Å². The van der Waals surface area contributed by atoms with E-state index < -0.39 is 11.7 Å². The first-order valence-corrected chi connectivity index (χ1v) is 10.5. The SMILES string of the molecule is C=C(CCOC)N=C(PC)C1CC(c2cccc(C(F)(F)F)c2)CN(C)C1. The Morgan fingerprint density at radius 1 is 1.37 bits per heavy atom. The normalized spacial score (nSPS) is 22.5. The molecule has 2 rings (SSSR count). The summed E-state index contributed by atoms with van der Waals surface area (Å²) in [6.07, 6.45) is -2.82. The lowest BCUT2D eigenvalue weighted by Crippen LogP contribution is -2.39. The minimum atomic E-state index is -4.31. The van der Waals surface area contributed by atoms with Crippen LogP contribution < -0.4 is 0 Å². The minimum absolute atomic E-state index is 0.0600. The average molecular weight is 400 g/mol. The predicted octanol–water partition coefficient (Wildman–Crippen LogP) is 5.00. The molecule has 0 spiro atoms. The van der Waals surface area contributed by atoms with Crippen LogP contribution in [0.15, 0.2) is 41.5 Å². The molecule has 0 saturated carbocycles. The molecule has 27 heavy (non-hydrogen) atoms. The number of benzene rings is 1. The van der Waals surface area contributed by atoms with Gasteiger partial charge in [-0.25, -0.2) is 0 Å². The van der Waals surface area contributed by atoms with Crippen LogP contribution in [0.3, 0.4) is 0 Å². The molecule has 1 fully saturated rings. The largest absolute Gasteiger partial charge is 0.416 e. The van der Waals surface area contributed by atoms with E-state index in [4.69, 9.17) is 9.73 Å². The lowest BCUT2D eigenvalue weighted by molar-refractivity contribution is -0.137. The third kappa shape index (κ3) is 6.41. The van der Waals surface area contributed by atoms with Crippen molar-refractivity contribution in [3.63, 3.8) is 0 Å². The molecule has 3 atom stereocenters. The van der Waals surface area contributed by atoms with Crippen molar-refractivity contribution in [1.29, 1.82) is 0 Å². The molecule has 1 heterocycles. The highest BCUT2D eigenvalue weighted by Crippen LogP contribution is 2.36. The van der Waals surface area contributed by atoms with Crippen LogP contribution in [0.1, 0.15) is 29.9 Å². The highest BCUT2D eigenvalue weighted by Gasteiger charge is 2.33. The van der Waals surface area contributed by atoms with Crippen molar-refractivity contribution in [2.24, 2.45) is 10.9 Å². The second kappa shape index (κ2) is 9.81. The van der Waals surface area contributed by atoms with Gasteiger partial charge >= 0.3 is 6.18 Å². The summed E-state index contributed by atoms with van der Waals surface area (Å²) in [5.41, 5.74) is 2.06. The highest BCUT2D eigenvalue weighted by atomic mass is 31.1. The van der Waals surface area contributed by atoms with E-state index in [1.807, 2.05) is 7.05 Å².